The molecule has 0 spiro atoms. The van der Waals surface area contributed by atoms with Crippen LogP contribution in [0.4, 0.5) is 5.69 Å². The minimum absolute atomic E-state index is 0.0456. The first kappa shape index (κ1) is 12.9. The lowest BCUT2D eigenvalue weighted by Crippen LogP contribution is -2.01. The molecule has 1 aromatic carbocycles. The van der Waals surface area contributed by atoms with E-state index in [0.717, 1.165) is 0 Å². The molecule has 2 heterocycles. The average molecular weight is 280 g/mol. The van der Waals surface area contributed by atoms with Gasteiger partial charge in [0.15, 0.2) is 5.82 Å². The molecule has 3 aromatic rings. The van der Waals surface area contributed by atoms with Crippen molar-refractivity contribution in [3.05, 3.63) is 64.6 Å². The van der Waals surface area contributed by atoms with Gasteiger partial charge in [-0.1, -0.05) is 6.07 Å². The highest BCUT2D eigenvalue weighted by atomic mass is 16.6. The summed E-state index contributed by atoms with van der Waals surface area (Å²) in [4.78, 5) is 16.4. The molecule has 3 rings (SSSR count). The molecule has 0 aliphatic carbocycles. The van der Waals surface area contributed by atoms with Crippen LogP contribution in [-0.4, -0.2) is 24.9 Å². The van der Waals surface area contributed by atoms with Gasteiger partial charge in [0.2, 0.25) is 0 Å². The predicted octanol–water partition coefficient (Wildman–Crippen LogP) is 2.35. The zero-order chi connectivity index (χ0) is 14.8. The molecule has 0 bridgehead atoms. The molecule has 0 aliphatic heterocycles. The Bertz CT molecular complexity index is 782. The van der Waals surface area contributed by atoms with Crippen LogP contribution in [0.25, 0.3) is 16.9 Å². The molecule has 0 N–H and O–H groups in total. The maximum Gasteiger partial charge on any atom is 0.280 e. The van der Waals surface area contributed by atoms with Gasteiger partial charge in [-0.3, -0.25) is 10.1 Å². The van der Waals surface area contributed by atoms with Gasteiger partial charge in [0.05, 0.1) is 22.9 Å². The summed E-state index contributed by atoms with van der Waals surface area (Å²) in [6, 6.07) is 9.64. The van der Waals surface area contributed by atoms with E-state index in [1.165, 1.54) is 4.80 Å². The number of benzene rings is 1. The molecule has 103 valence electrons. The number of hydrogen-bond donors (Lipinski definition) is 0. The third-order valence-corrected chi connectivity index (χ3v) is 3.03. The summed E-state index contributed by atoms with van der Waals surface area (Å²) in [5, 5.41) is 19.2. The van der Waals surface area contributed by atoms with Crippen molar-refractivity contribution in [2.24, 2.45) is 0 Å². The molecule has 7 heteroatoms. The van der Waals surface area contributed by atoms with Crippen LogP contribution in [0, 0.1) is 23.1 Å². The van der Waals surface area contributed by atoms with Crippen molar-refractivity contribution in [1.29, 1.82) is 0 Å². The van der Waals surface area contributed by atoms with Crippen LogP contribution in [0.3, 0.4) is 0 Å². The molecular weight excluding hydrogens is 270 g/mol. The van der Waals surface area contributed by atoms with Crippen LogP contribution in [0.1, 0.15) is 5.56 Å². The summed E-state index contributed by atoms with van der Waals surface area (Å²) >= 11 is 0. The van der Waals surface area contributed by atoms with E-state index in [9.17, 15) is 10.1 Å². The molecule has 21 heavy (non-hydrogen) atoms. The molecule has 2 aromatic heterocycles. The predicted molar refractivity (Wildman–Crippen MR) is 74.8 cm³/mol. The van der Waals surface area contributed by atoms with E-state index in [2.05, 4.69) is 21.2 Å². The Labute approximate surface area is 120 Å². The molecule has 0 amide bonds. The molecule has 1 radical (unpaired) electrons. The monoisotopic (exact) mass is 280 g/mol. The number of rotatable bonds is 3. The minimum Gasteiger partial charge on any atom is -0.258 e. The summed E-state index contributed by atoms with van der Waals surface area (Å²) in [6.07, 6.45) is 4.67. The SMILES string of the molecule is Cc1[c]ccc(-c2ccc(-n3nccn3)nc2)c1[N+](=O)[O-]. The van der Waals surface area contributed by atoms with Crippen LogP contribution >= 0.6 is 0 Å². The second-order valence-electron chi connectivity index (χ2n) is 4.35. The van der Waals surface area contributed by atoms with Gasteiger partial charge >= 0.3 is 0 Å². The first-order valence-electron chi connectivity index (χ1n) is 6.15. The Morgan fingerprint density at radius 2 is 2.00 bits per heavy atom. The second kappa shape index (κ2) is 5.12. The molecule has 0 atom stereocenters. The average Bonchev–Trinajstić information content (AvgIpc) is 3.01. The van der Waals surface area contributed by atoms with Crippen molar-refractivity contribution in [2.75, 3.05) is 0 Å². The fraction of sp³-hybridized carbons (Fsp3) is 0.0714. The number of nitrogens with zero attached hydrogens (tertiary/aromatic N) is 5. The lowest BCUT2D eigenvalue weighted by atomic mass is 10.0. The van der Waals surface area contributed by atoms with Crippen molar-refractivity contribution in [3.8, 4) is 16.9 Å². The van der Waals surface area contributed by atoms with E-state index in [-0.39, 0.29) is 5.69 Å². The highest BCUT2D eigenvalue weighted by molar-refractivity contribution is 5.74. The van der Waals surface area contributed by atoms with Crippen molar-refractivity contribution >= 4 is 5.69 Å². The van der Waals surface area contributed by atoms with Gasteiger partial charge in [0.25, 0.3) is 5.69 Å². The van der Waals surface area contributed by atoms with Crippen LogP contribution in [0.5, 0.6) is 0 Å². The van der Waals surface area contributed by atoms with Gasteiger partial charge in [-0.25, -0.2) is 4.98 Å². The Morgan fingerprint density at radius 1 is 1.24 bits per heavy atom. The Morgan fingerprint density at radius 3 is 2.62 bits per heavy atom. The molecular formula is C14H10N5O2. The van der Waals surface area contributed by atoms with Gasteiger partial charge in [-0.2, -0.15) is 10.2 Å². The van der Waals surface area contributed by atoms with Gasteiger partial charge < -0.3 is 0 Å². The molecule has 0 saturated carbocycles. The van der Waals surface area contributed by atoms with E-state index < -0.39 is 4.92 Å². The molecule has 0 saturated heterocycles. The van der Waals surface area contributed by atoms with Gasteiger partial charge in [-0.15, -0.1) is 4.80 Å². The normalized spacial score (nSPS) is 10.5. The fourth-order valence-electron chi connectivity index (χ4n) is 2.07. The summed E-state index contributed by atoms with van der Waals surface area (Å²) in [6.45, 7) is 1.66. The highest BCUT2D eigenvalue weighted by Gasteiger charge is 2.18. The van der Waals surface area contributed by atoms with E-state index in [1.54, 1.807) is 49.8 Å². The summed E-state index contributed by atoms with van der Waals surface area (Å²) in [5.41, 5.74) is 1.72. The molecule has 0 fully saturated rings. The number of aromatic nitrogens is 4. The number of hydrogen-bond acceptors (Lipinski definition) is 5. The minimum atomic E-state index is -0.399. The Kier molecular flexibility index (Phi) is 3.15. The van der Waals surface area contributed by atoms with Crippen LogP contribution in [-0.2, 0) is 0 Å². The van der Waals surface area contributed by atoms with E-state index in [4.69, 9.17) is 0 Å². The van der Waals surface area contributed by atoms with Crippen molar-refractivity contribution in [1.82, 2.24) is 20.0 Å². The fourth-order valence-corrected chi connectivity index (χ4v) is 2.07. The number of pyridine rings is 1. The third-order valence-electron chi connectivity index (χ3n) is 3.03. The van der Waals surface area contributed by atoms with Crippen LogP contribution in [0.2, 0.25) is 0 Å². The van der Waals surface area contributed by atoms with Crippen molar-refractivity contribution < 1.29 is 4.92 Å². The maximum absolute atomic E-state index is 11.2. The van der Waals surface area contributed by atoms with E-state index >= 15 is 0 Å². The Hall–Kier alpha value is -3.09. The zero-order valence-corrected chi connectivity index (χ0v) is 11.1. The summed E-state index contributed by atoms with van der Waals surface area (Å²) < 4.78 is 0. The highest BCUT2D eigenvalue weighted by Crippen LogP contribution is 2.31. The number of nitro groups is 1. The first-order valence-corrected chi connectivity index (χ1v) is 6.15. The Balaban J connectivity index is 2.06. The standard InChI is InChI=1S/C14H10N5O2/c1-10-3-2-4-12(14(10)19(20)21)11-5-6-13(15-9-11)18-16-7-8-17-18/h2,4-9H,1H3. The topological polar surface area (TPSA) is 86.7 Å². The third kappa shape index (κ3) is 2.36. The van der Waals surface area contributed by atoms with E-state index in [1.807, 2.05) is 0 Å². The summed E-state index contributed by atoms with van der Waals surface area (Å²) in [5.74, 6) is 0.547. The molecule has 7 nitrogen and oxygen atoms in total. The smallest absolute Gasteiger partial charge is 0.258 e. The quantitative estimate of drug-likeness (QED) is 0.543. The van der Waals surface area contributed by atoms with Crippen LogP contribution in [0.15, 0.2) is 42.9 Å². The lowest BCUT2D eigenvalue weighted by molar-refractivity contribution is -0.384. The molecule has 0 aliphatic rings. The summed E-state index contributed by atoms with van der Waals surface area (Å²) in [7, 11) is 0. The van der Waals surface area contributed by atoms with Crippen molar-refractivity contribution in [3.63, 3.8) is 0 Å². The van der Waals surface area contributed by atoms with E-state index in [0.29, 0.717) is 22.5 Å². The number of nitro benzene ring substituents is 1. The lowest BCUT2D eigenvalue weighted by Gasteiger charge is -2.05. The maximum atomic E-state index is 11.2. The number of aryl methyl sites for hydroxylation is 1. The second-order valence-corrected chi connectivity index (χ2v) is 4.35. The van der Waals surface area contributed by atoms with Gasteiger partial charge in [0.1, 0.15) is 0 Å². The van der Waals surface area contributed by atoms with Crippen molar-refractivity contribution in [2.45, 2.75) is 6.92 Å². The van der Waals surface area contributed by atoms with Crippen LogP contribution < -0.4 is 0 Å². The van der Waals surface area contributed by atoms with Gasteiger partial charge in [-0.05, 0) is 31.2 Å². The van der Waals surface area contributed by atoms with Gasteiger partial charge in [0, 0.05) is 17.3 Å². The largest absolute Gasteiger partial charge is 0.280 e. The first-order chi connectivity index (χ1) is 10.2. The zero-order valence-electron chi connectivity index (χ0n) is 11.1. The molecule has 0 unspecified atom stereocenters.